The molecule has 134 valence electrons. The number of amides is 1. The molecule has 0 aliphatic carbocycles. The number of para-hydroxylation sites is 1. The SMILES string of the molecule is CCN(CCC(=O)N1CCCCC1)Cc1nc2ccccc2c(=O)[nH]1. The predicted molar refractivity (Wildman–Crippen MR) is 98.4 cm³/mol. The monoisotopic (exact) mass is 342 g/mol. The van der Waals surface area contributed by atoms with E-state index in [1.54, 1.807) is 6.07 Å². The Balaban J connectivity index is 1.62. The van der Waals surface area contributed by atoms with Crippen molar-refractivity contribution in [2.75, 3.05) is 26.2 Å². The minimum absolute atomic E-state index is 0.110. The number of nitrogens with one attached hydrogen (secondary N) is 1. The molecule has 6 heteroatoms. The quantitative estimate of drug-likeness (QED) is 0.873. The zero-order chi connectivity index (χ0) is 17.6. The molecule has 0 bridgehead atoms. The number of nitrogens with zero attached hydrogens (tertiary/aromatic N) is 3. The van der Waals surface area contributed by atoms with Crippen molar-refractivity contribution in [2.24, 2.45) is 0 Å². The molecule has 3 rings (SSSR count). The van der Waals surface area contributed by atoms with Crippen LogP contribution < -0.4 is 5.56 Å². The Labute approximate surface area is 147 Å². The number of hydrogen-bond donors (Lipinski definition) is 1. The van der Waals surface area contributed by atoms with Crippen molar-refractivity contribution in [1.29, 1.82) is 0 Å². The average Bonchev–Trinajstić information content (AvgIpc) is 2.65. The van der Waals surface area contributed by atoms with E-state index in [-0.39, 0.29) is 11.5 Å². The molecule has 0 atom stereocenters. The first-order valence-corrected chi connectivity index (χ1v) is 9.15. The van der Waals surface area contributed by atoms with Crippen molar-refractivity contribution < 1.29 is 4.79 Å². The summed E-state index contributed by atoms with van der Waals surface area (Å²) in [6.45, 7) is 5.88. The second-order valence-electron chi connectivity index (χ2n) is 6.59. The van der Waals surface area contributed by atoms with Gasteiger partial charge in [0.05, 0.1) is 17.4 Å². The van der Waals surface area contributed by atoms with Gasteiger partial charge in [-0.05, 0) is 37.9 Å². The minimum Gasteiger partial charge on any atom is -0.343 e. The third kappa shape index (κ3) is 4.45. The van der Waals surface area contributed by atoms with Gasteiger partial charge < -0.3 is 9.88 Å². The maximum absolute atomic E-state index is 12.3. The number of fused-ring (bicyclic) bond motifs is 1. The molecule has 0 unspecified atom stereocenters. The number of likely N-dealkylation sites (tertiary alicyclic amines) is 1. The smallest absolute Gasteiger partial charge is 0.258 e. The van der Waals surface area contributed by atoms with Crippen LogP contribution in [0, 0.1) is 0 Å². The van der Waals surface area contributed by atoms with E-state index >= 15 is 0 Å². The number of benzene rings is 1. The van der Waals surface area contributed by atoms with Gasteiger partial charge in [0, 0.05) is 26.1 Å². The van der Waals surface area contributed by atoms with Crippen molar-refractivity contribution >= 4 is 16.8 Å². The third-order valence-electron chi connectivity index (χ3n) is 4.83. The number of H-pyrrole nitrogens is 1. The lowest BCUT2D eigenvalue weighted by Crippen LogP contribution is -2.38. The summed E-state index contributed by atoms with van der Waals surface area (Å²) >= 11 is 0. The molecule has 1 aliphatic rings. The van der Waals surface area contributed by atoms with Crippen LogP contribution in [0.4, 0.5) is 0 Å². The number of hydrogen-bond acceptors (Lipinski definition) is 4. The zero-order valence-corrected chi connectivity index (χ0v) is 14.8. The molecular formula is C19H26N4O2. The fourth-order valence-corrected chi connectivity index (χ4v) is 3.33. The summed E-state index contributed by atoms with van der Waals surface area (Å²) in [4.78, 5) is 36.0. The summed E-state index contributed by atoms with van der Waals surface area (Å²) < 4.78 is 0. The molecule has 0 radical (unpaired) electrons. The van der Waals surface area contributed by atoms with E-state index in [4.69, 9.17) is 0 Å². The Morgan fingerprint density at radius 1 is 1.24 bits per heavy atom. The Hall–Kier alpha value is -2.21. The molecule has 25 heavy (non-hydrogen) atoms. The van der Waals surface area contributed by atoms with Gasteiger partial charge in [-0.15, -0.1) is 0 Å². The molecule has 1 N–H and O–H groups in total. The van der Waals surface area contributed by atoms with Crippen LogP contribution in [0.2, 0.25) is 0 Å². The minimum atomic E-state index is -0.110. The van der Waals surface area contributed by atoms with E-state index in [0.717, 1.165) is 32.5 Å². The van der Waals surface area contributed by atoms with Crippen molar-refractivity contribution in [3.05, 3.63) is 40.4 Å². The van der Waals surface area contributed by atoms with Crippen molar-refractivity contribution in [3.63, 3.8) is 0 Å². The number of aromatic nitrogens is 2. The lowest BCUT2D eigenvalue weighted by molar-refractivity contribution is -0.132. The van der Waals surface area contributed by atoms with Crippen molar-refractivity contribution in [3.8, 4) is 0 Å². The Morgan fingerprint density at radius 3 is 2.76 bits per heavy atom. The van der Waals surface area contributed by atoms with Crippen LogP contribution in [0.5, 0.6) is 0 Å². The second kappa shape index (κ2) is 8.25. The van der Waals surface area contributed by atoms with Crippen molar-refractivity contribution in [1.82, 2.24) is 19.8 Å². The lowest BCUT2D eigenvalue weighted by atomic mass is 10.1. The van der Waals surface area contributed by atoms with Gasteiger partial charge in [0.1, 0.15) is 5.82 Å². The fraction of sp³-hybridized carbons (Fsp3) is 0.526. The maximum Gasteiger partial charge on any atom is 0.258 e. The van der Waals surface area contributed by atoms with Crippen LogP contribution in [0.25, 0.3) is 10.9 Å². The number of carbonyl (C=O) groups is 1. The van der Waals surface area contributed by atoms with Crippen LogP contribution in [0.3, 0.4) is 0 Å². The number of carbonyl (C=O) groups excluding carboxylic acids is 1. The van der Waals surface area contributed by atoms with Crippen LogP contribution in [0.1, 0.15) is 38.4 Å². The van der Waals surface area contributed by atoms with Crippen LogP contribution in [-0.2, 0) is 11.3 Å². The van der Waals surface area contributed by atoms with Gasteiger partial charge in [0.2, 0.25) is 5.91 Å². The highest BCUT2D eigenvalue weighted by Crippen LogP contribution is 2.11. The molecule has 1 aromatic heterocycles. The van der Waals surface area contributed by atoms with E-state index in [9.17, 15) is 9.59 Å². The van der Waals surface area contributed by atoms with Crippen LogP contribution in [0.15, 0.2) is 29.1 Å². The highest BCUT2D eigenvalue weighted by Gasteiger charge is 2.17. The van der Waals surface area contributed by atoms with Gasteiger partial charge in [0.25, 0.3) is 5.56 Å². The Bertz CT molecular complexity index is 780. The predicted octanol–water partition coefficient (Wildman–Crippen LogP) is 2.15. The summed E-state index contributed by atoms with van der Waals surface area (Å²) in [5, 5.41) is 0.606. The summed E-state index contributed by atoms with van der Waals surface area (Å²) in [6.07, 6.45) is 3.98. The fourth-order valence-electron chi connectivity index (χ4n) is 3.33. The van der Waals surface area contributed by atoms with E-state index in [1.807, 2.05) is 23.1 Å². The molecule has 1 aromatic carbocycles. The summed E-state index contributed by atoms with van der Waals surface area (Å²) in [5.41, 5.74) is 0.600. The van der Waals surface area contributed by atoms with Crippen LogP contribution >= 0.6 is 0 Å². The Morgan fingerprint density at radius 2 is 2.00 bits per heavy atom. The summed E-state index contributed by atoms with van der Waals surface area (Å²) in [7, 11) is 0. The number of piperidine rings is 1. The topological polar surface area (TPSA) is 69.3 Å². The maximum atomic E-state index is 12.3. The van der Waals surface area contributed by atoms with Gasteiger partial charge in [-0.2, -0.15) is 0 Å². The normalized spacial score (nSPS) is 15.0. The molecule has 1 fully saturated rings. The highest BCUT2D eigenvalue weighted by molar-refractivity contribution is 5.77. The van der Waals surface area contributed by atoms with Gasteiger partial charge in [-0.25, -0.2) is 4.98 Å². The lowest BCUT2D eigenvalue weighted by Gasteiger charge is -2.28. The van der Waals surface area contributed by atoms with Gasteiger partial charge in [-0.3, -0.25) is 14.5 Å². The van der Waals surface area contributed by atoms with Gasteiger partial charge in [-0.1, -0.05) is 19.1 Å². The third-order valence-corrected chi connectivity index (χ3v) is 4.83. The summed E-state index contributed by atoms with van der Waals surface area (Å²) in [5.74, 6) is 0.883. The second-order valence-corrected chi connectivity index (χ2v) is 6.59. The van der Waals surface area contributed by atoms with Gasteiger partial charge in [0.15, 0.2) is 0 Å². The van der Waals surface area contributed by atoms with E-state index in [2.05, 4.69) is 21.8 Å². The number of rotatable bonds is 6. The Kier molecular flexibility index (Phi) is 5.81. The molecule has 1 amide bonds. The van der Waals surface area contributed by atoms with E-state index in [0.29, 0.717) is 36.2 Å². The highest BCUT2D eigenvalue weighted by atomic mass is 16.2. The first-order valence-electron chi connectivity index (χ1n) is 9.15. The average molecular weight is 342 g/mol. The summed E-state index contributed by atoms with van der Waals surface area (Å²) in [6, 6.07) is 7.35. The molecule has 1 aliphatic heterocycles. The van der Waals surface area contributed by atoms with Crippen molar-refractivity contribution in [2.45, 2.75) is 39.2 Å². The zero-order valence-electron chi connectivity index (χ0n) is 14.8. The standard InChI is InChI=1S/C19H26N4O2/c1-2-22(13-10-18(24)23-11-6-3-7-12-23)14-17-20-16-9-5-4-8-15(16)19(25)21-17/h4-5,8-9H,2-3,6-7,10-14H2,1H3,(H,20,21,25). The first-order chi connectivity index (χ1) is 12.2. The molecule has 0 spiro atoms. The largest absolute Gasteiger partial charge is 0.343 e. The molecule has 1 saturated heterocycles. The number of aromatic amines is 1. The van der Waals surface area contributed by atoms with Gasteiger partial charge >= 0.3 is 0 Å². The van der Waals surface area contributed by atoms with E-state index in [1.165, 1.54) is 6.42 Å². The molecule has 2 aromatic rings. The molecule has 0 saturated carbocycles. The first kappa shape index (κ1) is 17.6. The molecule has 6 nitrogen and oxygen atoms in total. The van der Waals surface area contributed by atoms with Crippen LogP contribution in [-0.4, -0.2) is 51.9 Å². The van der Waals surface area contributed by atoms with E-state index < -0.39 is 0 Å². The molecular weight excluding hydrogens is 316 g/mol. The molecule has 2 heterocycles.